The van der Waals surface area contributed by atoms with Crippen molar-refractivity contribution in [2.75, 3.05) is 5.32 Å². The highest BCUT2D eigenvalue weighted by Gasteiger charge is 2.27. The Bertz CT molecular complexity index is 1010. The van der Waals surface area contributed by atoms with Crippen LogP contribution in [0, 0.1) is 17.0 Å². The van der Waals surface area contributed by atoms with Gasteiger partial charge < -0.3 is 5.32 Å². The van der Waals surface area contributed by atoms with Gasteiger partial charge in [-0.2, -0.15) is 5.10 Å². The number of carbonyl (C=O) groups is 1. The van der Waals surface area contributed by atoms with E-state index in [0.29, 0.717) is 27.2 Å². The molecule has 1 amide bonds. The summed E-state index contributed by atoms with van der Waals surface area (Å²) < 4.78 is 0. The normalized spacial score (nSPS) is 13.6. The molecule has 0 spiro atoms. The summed E-state index contributed by atoms with van der Waals surface area (Å²) in [5.74, 6) is 1.59. The van der Waals surface area contributed by atoms with Crippen LogP contribution in [0.15, 0.2) is 30.3 Å². The van der Waals surface area contributed by atoms with Crippen LogP contribution in [0.25, 0.3) is 11.4 Å². The number of rotatable bonds is 5. The lowest BCUT2D eigenvalue weighted by molar-refractivity contribution is -0.385. The molecule has 0 atom stereocenters. The molecule has 0 radical (unpaired) electrons. The molecule has 26 heavy (non-hydrogen) atoms. The molecule has 0 saturated heterocycles. The Labute approximate surface area is 152 Å². The highest BCUT2D eigenvalue weighted by Crippen LogP contribution is 2.38. The lowest BCUT2D eigenvalue weighted by Gasteiger charge is -2.04. The van der Waals surface area contributed by atoms with E-state index >= 15 is 0 Å². The molecular weight excluding hydrogens is 354 g/mol. The van der Waals surface area contributed by atoms with Gasteiger partial charge in [-0.3, -0.25) is 20.0 Å². The highest BCUT2D eigenvalue weighted by atomic mass is 32.1. The summed E-state index contributed by atoms with van der Waals surface area (Å²) in [5, 5.41) is 20.9. The molecule has 3 aromatic rings. The van der Waals surface area contributed by atoms with Crippen molar-refractivity contribution in [1.29, 1.82) is 0 Å². The third-order valence-corrected chi connectivity index (χ3v) is 5.20. The number of carbonyl (C=O) groups excluding carboxylic acids is 1. The van der Waals surface area contributed by atoms with Gasteiger partial charge in [-0.1, -0.05) is 12.1 Å². The van der Waals surface area contributed by atoms with Crippen LogP contribution in [0.2, 0.25) is 0 Å². The number of anilines is 1. The first-order valence-corrected chi connectivity index (χ1v) is 8.92. The zero-order valence-electron chi connectivity index (χ0n) is 13.9. The van der Waals surface area contributed by atoms with Crippen LogP contribution in [-0.4, -0.2) is 26.0 Å². The van der Waals surface area contributed by atoms with Gasteiger partial charge in [0.1, 0.15) is 5.82 Å². The first-order chi connectivity index (χ1) is 12.5. The lowest BCUT2D eigenvalue weighted by atomic mass is 10.2. The van der Waals surface area contributed by atoms with Crippen molar-refractivity contribution in [3.05, 3.63) is 56.0 Å². The molecule has 0 unspecified atom stereocenters. The second kappa shape index (κ2) is 6.34. The number of thiophene rings is 1. The number of hydrogen-bond acceptors (Lipinski definition) is 6. The van der Waals surface area contributed by atoms with E-state index in [1.165, 1.54) is 6.07 Å². The van der Waals surface area contributed by atoms with E-state index in [9.17, 15) is 14.9 Å². The molecule has 1 aromatic carbocycles. The lowest BCUT2D eigenvalue weighted by Crippen LogP contribution is -2.10. The molecule has 1 fully saturated rings. The average molecular weight is 369 g/mol. The smallest absolute Gasteiger partial charge is 0.283 e. The monoisotopic (exact) mass is 369 g/mol. The number of nitro groups is 1. The minimum atomic E-state index is -0.482. The molecule has 132 valence electrons. The van der Waals surface area contributed by atoms with Gasteiger partial charge in [0.05, 0.1) is 14.7 Å². The van der Waals surface area contributed by atoms with E-state index in [1.807, 2.05) is 6.07 Å². The van der Waals surface area contributed by atoms with Gasteiger partial charge >= 0.3 is 0 Å². The van der Waals surface area contributed by atoms with Crippen LogP contribution in [0.4, 0.5) is 11.4 Å². The molecule has 1 saturated carbocycles. The van der Waals surface area contributed by atoms with E-state index < -0.39 is 4.92 Å². The van der Waals surface area contributed by atoms with E-state index in [0.717, 1.165) is 35.6 Å². The van der Waals surface area contributed by atoms with Crippen molar-refractivity contribution in [2.45, 2.75) is 25.7 Å². The minimum absolute atomic E-state index is 0.0396. The standard InChI is InChI=1S/C17H15N5O3S/c1-9-13(22(24)25)8-14(26-9)17(23)18-12-4-2-3-11(7-12)16-19-15(20-21-16)10-5-6-10/h2-4,7-8,10H,5-6H2,1H3,(H,18,23)(H,19,20,21). The Kier molecular flexibility index (Phi) is 4.00. The molecule has 2 heterocycles. The van der Waals surface area contributed by atoms with E-state index in [2.05, 4.69) is 20.5 Å². The zero-order chi connectivity index (χ0) is 18.3. The highest BCUT2D eigenvalue weighted by molar-refractivity contribution is 7.14. The van der Waals surface area contributed by atoms with Crippen LogP contribution in [0.3, 0.4) is 0 Å². The SMILES string of the molecule is Cc1sc(C(=O)Nc2cccc(-c3n[nH]c(C4CC4)n3)c2)cc1[N+](=O)[O-]. The third-order valence-electron chi connectivity index (χ3n) is 4.16. The van der Waals surface area contributed by atoms with Gasteiger partial charge in [-0.15, -0.1) is 11.3 Å². The average Bonchev–Trinajstić information content (AvgIpc) is 3.20. The number of aryl methyl sites for hydroxylation is 1. The second-order valence-electron chi connectivity index (χ2n) is 6.16. The van der Waals surface area contributed by atoms with Crippen molar-refractivity contribution >= 4 is 28.6 Å². The Morgan fingerprint density at radius 3 is 2.88 bits per heavy atom. The summed E-state index contributed by atoms with van der Waals surface area (Å²) in [5.41, 5.74) is 1.33. The third kappa shape index (κ3) is 3.21. The molecule has 2 aromatic heterocycles. The van der Waals surface area contributed by atoms with Gasteiger partial charge in [0.2, 0.25) is 0 Å². The number of aromatic amines is 1. The van der Waals surface area contributed by atoms with Gasteiger partial charge in [0.15, 0.2) is 5.82 Å². The fourth-order valence-electron chi connectivity index (χ4n) is 2.64. The maximum absolute atomic E-state index is 12.4. The summed E-state index contributed by atoms with van der Waals surface area (Å²) in [6.45, 7) is 1.63. The molecule has 4 rings (SSSR count). The van der Waals surface area contributed by atoms with Crippen LogP contribution in [0.1, 0.15) is 39.1 Å². The Morgan fingerprint density at radius 1 is 1.38 bits per heavy atom. The first kappa shape index (κ1) is 16.4. The van der Waals surface area contributed by atoms with Crippen LogP contribution >= 0.6 is 11.3 Å². The number of aromatic nitrogens is 3. The molecular formula is C17H15N5O3S. The number of H-pyrrole nitrogens is 1. The molecule has 0 bridgehead atoms. The maximum Gasteiger partial charge on any atom is 0.283 e. The molecule has 1 aliphatic rings. The van der Waals surface area contributed by atoms with Crippen LogP contribution < -0.4 is 5.32 Å². The van der Waals surface area contributed by atoms with E-state index in [1.54, 1.807) is 25.1 Å². The quantitative estimate of drug-likeness (QED) is 0.523. The Hall–Kier alpha value is -3.07. The van der Waals surface area contributed by atoms with Crippen LogP contribution in [-0.2, 0) is 0 Å². The summed E-state index contributed by atoms with van der Waals surface area (Å²) >= 11 is 1.10. The van der Waals surface area contributed by atoms with Gasteiger partial charge in [0, 0.05) is 23.2 Å². The largest absolute Gasteiger partial charge is 0.321 e. The molecule has 9 heteroatoms. The zero-order valence-corrected chi connectivity index (χ0v) is 14.7. The van der Waals surface area contributed by atoms with Gasteiger partial charge in [-0.05, 0) is 31.9 Å². The summed E-state index contributed by atoms with van der Waals surface area (Å²) in [7, 11) is 0. The second-order valence-corrected chi connectivity index (χ2v) is 7.42. The fourth-order valence-corrected chi connectivity index (χ4v) is 3.52. The van der Waals surface area contributed by atoms with Crippen molar-refractivity contribution in [2.24, 2.45) is 0 Å². The number of benzene rings is 1. The number of nitrogens with zero attached hydrogens (tertiary/aromatic N) is 3. The first-order valence-electron chi connectivity index (χ1n) is 8.10. The molecule has 2 N–H and O–H groups in total. The molecule has 0 aliphatic heterocycles. The van der Waals surface area contributed by atoms with Crippen molar-refractivity contribution in [3.8, 4) is 11.4 Å². The Balaban J connectivity index is 1.53. The van der Waals surface area contributed by atoms with Gasteiger partial charge in [0.25, 0.3) is 11.6 Å². The Morgan fingerprint density at radius 2 is 2.19 bits per heavy atom. The van der Waals surface area contributed by atoms with E-state index in [-0.39, 0.29) is 11.6 Å². The minimum Gasteiger partial charge on any atom is -0.321 e. The number of hydrogen-bond donors (Lipinski definition) is 2. The number of amides is 1. The molecule has 1 aliphatic carbocycles. The summed E-state index contributed by atoms with van der Waals surface area (Å²) in [6.07, 6.45) is 2.27. The predicted octanol–water partition coefficient (Wildman–Crippen LogP) is 3.88. The predicted molar refractivity (Wildman–Crippen MR) is 97.5 cm³/mol. The fraction of sp³-hybridized carbons (Fsp3) is 0.235. The summed E-state index contributed by atoms with van der Waals surface area (Å²) in [4.78, 5) is 28.1. The number of nitrogens with one attached hydrogen (secondary N) is 2. The van der Waals surface area contributed by atoms with Crippen LogP contribution in [0.5, 0.6) is 0 Å². The van der Waals surface area contributed by atoms with Crippen molar-refractivity contribution < 1.29 is 9.72 Å². The van der Waals surface area contributed by atoms with Crippen molar-refractivity contribution in [1.82, 2.24) is 15.2 Å². The van der Waals surface area contributed by atoms with Gasteiger partial charge in [-0.25, -0.2) is 4.98 Å². The maximum atomic E-state index is 12.4. The summed E-state index contributed by atoms with van der Waals surface area (Å²) in [6, 6.07) is 8.52. The van der Waals surface area contributed by atoms with Crippen molar-refractivity contribution in [3.63, 3.8) is 0 Å². The molecule has 8 nitrogen and oxygen atoms in total. The van der Waals surface area contributed by atoms with E-state index in [4.69, 9.17) is 0 Å². The topological polar surface area (TPSA) is 114 Å².